The van der Waals surface area contributed by atoms with Gasteiger partial charge in [-0.15, -0.1) is 0 Å². The van der Waals surface area contributed by atoms with E-state index in [1.807, 2.05) is 0 Å². The van der Waals surface area contributed by atoms with E-state index in [2.05, 4.69) is 13.8 Å². The first kappa shape index (κ1) is 14.9. The lowest BCUT2D eigenvalue weighted by Gasteiger charge is -2.58. The number of rotatable bonds is 0. The third kappa shape index (κ3) is 1.78. The number of aliphatic hydroxyl groups excluding tert-OH is 1. The molecule has 0 unspecified atom stereocenters. The molecule has 22 heavy (non-hydrogen) atoms. The first-order chi connectivity index (χ1) is 10.4. The van der Waals surface area contributed by atoms with Crippen molar-refractivity contribution in [2.24, 2.45) is 34.5 Å². The van der Waals surface area contributed by atoms with Crippen LogP contribution in [0.4, 0.5) is 0 Å². The molecule has 3 nitrogen and oxygen atoms in total. The van der Waals surface area contributed by atoms with E-state index in [0.717, 1.165) is 38.5 Å². The van der Waals surface area contributed by atoms with Gasteiger partial charge in [0.1, 0.15) is 11.6 Å². The van der Waals surface area contributed by atoms with Crippen LogP contribution in [0.1, 0.15) is 65.2 Å². The Morgan fingerprint density at radius 1 is 1.09 bits per heavy atom. The van der Waals surface area contributed by atoms with Gasteiger partial charge in [0, 0.05) is 24.2 Å². The molecule has 0 aromatic rings. The van der Waals surface area contributed by atoms with Crippen LogP contribution in [0.15, 0.2) is 0 Å². The summed E-state index contributed by atoms with van der Waals surface area (Å²) in [4.78, 5) is 25.4. The number of aliphatic hydroxyl groups is 1. The van der Waals surface area contributed by atoms with Crippen molar-refractivity contribution in [1.29, 1.82) is 0 Å². The molecule has 0 aromatic carbocycles. The number of fused-ring (bicyclic) bond motifs is 5. The Kier molecular flexibility index (Phi) is 3.15. The predicted molar refractivity (Wildman–Crippen MR) is 83.1 cm³/mol. The summed E-state index contributed by atoms with van der Waals surface area (Å²) in [5.41, 5.74) is -0.304. The van der Waals surface area contributed by atoms with Crippen LogP contribution in [0.25, 0.3) is 0 Å². The summed E-state index contributed by atoms with van der Waals surface area (Å²) in [5, 5.41) is 10.0. The van der Waals surface area contributed by atoms with Crippen LogP contribution in [0.3, 0.4) is 0 Å². The minimum Gasteiger partial charge on any atom is -0.393 e. The maximum atomic E-state index is 13.0. The van der Waals surface area contributed by atoms with Crippen molar-refractivity contribution >= 4 is 11.6 Å². The Balaban J connectivity index is 1.71. The van der Waals surface area contributed by atoms with Crippen molar-refractivity contribution in [3.8, 4) is 0 Å². The molecule has 4 aliphatic rings. The Labute approximate surface area is 132 Å². The van der Waals surface area contributed by atoms with Crippen molar-refractivity contribution < 1.29 is 14.7 Å². The molecule has 0 aliphatic heterocycles. The highest BCUT2D eigenvalue weighted by molar-refractivity contribution is 5.95. The van der Waals surface area contributed by atoms with Gasteiger partial charge < -0.3 is 5.11 Å². The molecule has 1 N–H and O–H groups in total. The van der Waals surface area contributed by atoms with E-state index < -0.39 is 0 Å². The highest BCUT2D eigenvalue weighted by Gasteiger charge is 2.63. The smallest absolute Gasteiger partial charge is 0.139 e. The molecule has 0 heterocycles. The molecular weight excluding hydrogens is 276 g/mol. The fourth-order valence-corrected chi connectivity index (χ4v) is 6.83. The monoisotopic (exact) mass is 304 g/mol. The first-order valence-electron chi connectivity index (χ1n) is 9.10. The van der Waals surface area contributed by atoms with Crippen LogP contribution in [0.5, 0.6) is 0 Å². The molecule has 0 spiro atoms. The van der Waals surface area contributed by atoms with E-state index in [0.29, 0.717) is 42.2 Å². The fraction of sp³-hybridized carbons (Fsp3) is 0.895. The van der Waals surface area contributed by atoms with Gasteiger partial charge in [-0.3, -0.25) is 9.59 Å². The zero-order chi connectivity index (χ0) is 15.7. The van der Waals surface area contributed by atoms with Crippen LogP contribution in [-0.2, 0) is 9.59 Å². The Hall–Kier alpha value is -0.700. The topological polar surface area (TPSA) is 54.4 Å². The van der Waals surface area contributed by atoms with Crippen molar-refractivity contribution in [3.05, 3.63) is 0 Å². The molecule has 0 saturated heterocycles. The van der Waals surface area contributed by atoms with Crippen molar-refractivity contribution in [2.75, 3.05) is 0 Å². The van der Waals surface area contributed by atoms with E-state index >= 15 is 0 Å². The maximum Gasteiger partial charge on any atom is 0.139 e. The van der Waals surface area contributed by atoms with Gasteiger partial charge in [0.05, 0.1) is 6.10 Å². The average molecular weight is 304 g/mol. The number of hydrogen-bond donors (Lipinski definition) is 1. The summed E-state index contributed by atoms with van der Waals surface area (Å²) in [6, 6.07) is 0. The number of Topliss-reactive ketones (excluding diaryl/α,β-unsaturated/α-hetero) is 2. The van der Waals surface area contributed by atoms with Crippen LogP contribution < -0.4 is 0 Å². The molecule has 4 rings (SSSR count). The highest BCUT2D eigenvalue weighted by Crippen LogP contribution is 2.64. The minimum absolute atomic E-state index is 0.0617. The summed E-state index contributed by atoms with van der Waals surface area (Å²) < 4.78 is 0. The SMILES string of the molecule is C[C@]12CC[C@H](O)C[C@H]1CC[C@@H]1[C@@H]2C(=O)C[C@]2(C)C(=O)CC[C@@H]12. The molecule has 3 heteroatoms. The Morgan fingerprint density at radius 3 is 2.64 bits per heavy atom. The summed E-state index contributed by atoms with van der Waals surface area (Å²) in [6.07, 6.45) is 6.86. The minimum atomic E-state index is -0.365. The summed E-state index contributed by atoms with van der Waals surface area (Å²) >= 11 is 0. The van der Waals surface area contributed by atoms with Gasteiger partial charge in [-0.25, -0.2) is 0 Å². The van der Waals surface area contributed by atoms with E-state index in [1.54, 1.807) is 0 Å². The van der Waals surface area contributed by atoms with Crippen LogP contribution in [0.2, 0.25) is 0 Å². The van der Waals surface area contributed by atoms with Gasteiger partial charge >= 0.3 is 0 Å². The van der Waals surface area contributed by atoms with Gasteiger partial charge in [0.2, 0.25) is 0 Å². The second-order valence-corrected chi connectivity index (χ2v) is 8.98. The zero-order valence-corrected chi connectivity index (χ0v) is 13.8. The standard InChI is InChI=1S/C19H28O3/c1-18-8-7-12(20)9-11(18)3-4-13-14-5-6-16(22)19(14,2)10-15(21)17(13)18/h11-14,17,20H,3-10H2,1-2H3/t11-,12+,13+,14+,17-,18+,19+/m1/s1. The largest absolute Gasteiger partial charge is 0.393 e. The van der Waals surface area contributed by atoms with Crippen LogP contribution in [0, 0.1) is 34.5 Å². The summed E-state index contributed by atoms with van der Waals surface area (Å²) in [7, 11) is 0. The van der Waals surface area contributed by atoms with Crippen molar-refractivity contribution in [3.63, 3.8) is 0 Å². The Morgan fingerprint density at radius 2 is 1.86 bits per heavy atom. The maximum absolute atomic E-state index is 13.0. The van der Waals surface area contributed by atoms with Gasteiger partial charge in [0.25, 0.3) is 0 Å². The van der Waals surface area contributed by atoms with Gasteiger partial charge in [0.15, 0.2) is 0 Å². The lowest BCUT2D eigenvalue weighted by molar-refractivity contribution is -0.162. The molecular formula is C19H28O3. The zero-order valence-electron chi connectivity index (χ0n) is 13.8. The summed E-state index contributed by atoms with van der Waals surface area (Å²) in [5.74, 6) is 2.14. The van der Waals surface area contributed by atoms with Crippen molar-refractivity contribution in [1.82, 2.24) is 0 Å². The molecule has 0 bridgehead atoms. The average Bonchev–Trinajstić information content (AvgIpc) is 2.75. The third-order valence-corrected chi connectivity index (χ3v) is 8.04. The van der Waals surface area contributed by atoms with Gasteiger partial charge in [-0.05, 0) is 61.7 Å². The normalized spacial score (nSPS) is 54.6. The van der Waals surface area contributed by atoms with E-state index in [-0.39, 0.29) is 22.9 Å². The predicted octanol–water partition coefficient (Wildman–Crippen LogP) is 3.14. The first-order valence-corrected chi connectivity index (χ1v) is 9.10. The molecule has 0 aromatic heterocycles. The van der Waals surface area contributed by atoms with E-state index in [1.165, 1.54) is 0 Å². The molecule has 0 amide bonds. The lowest BCUT2D eigenvalue weighted by Crippen LogP contribution is -2.57. The van der Waals surface area contributed by atoms with Crippen LogP contribution in [-0.4, -0.2) is 22.8 Å². The molecule has 0 radical (unpaired) electrons. The Bertz CT molecular complexity index is 527. The molecule has 7 atom stereocenters. The summed E-state index contributed by atoms with van der Waals surface area (Å²) in [6.45, 7) is 4.36. The molecule has 4 fully saturated rings. The fourth-order valence-electron chi connectivity index (χ4n) is 6.83. The molecule has 4 saturated carbocycles. The number of hydrogen-bond acceptors (Lipinski definition) is 3. The van der Waals surface area contributed by atoms with Crippen molar-refractivity contribution in [2.45, 2.75) is 71.3 Å². The van der Waals surface area contributed by atoms with E-state index in [9.17, 15) is 14.7 Å². The van der Waals surface area contributed by atoms with Gasteiger partial charge in [-0.1, -0.05) is 13.8 Å². The lowest BCUT2D eigenvalue weighted by atomic mass is 9.45. The number of carbonyl (C=O) groups excluding carboxylic acids is 2. The third-order valence-electron chi connectivity index (χ3n) is 8.04. The quantitative estimate of drug-likeness (QED) is 0.748. The number of ketones is 2. The van der Waals surface area contributed by atoms with Gasteiger partial charge in [-0.2, -0.15) is 0 Å². The van der Waals surface area contributed by atoms with Crippen LogP contribution >= 0.6 is 0 Å². The molecule has 122 valence electrons. The second-order valence-electron chi connectivity index (χ2n) is 8.98. The number of carbonyl (C=O) groups is 2. The molecule has 4 aliphatic carbocycles. The highest BCUT2D eigenvalue weighted by atomic mass is 16.3. The van der Waals surface area contributed by atoms with E-state index in [4.69, 9.17) is 0 Å². The second kappa shape index (κ2) is 4.66.